The molecule has 10 heteroatoms. The first-order valence-corrected chi connectivity index (χ1v) is 11.7. The minimum Gasteiger partial charge on any atom is -0.493 e. The number of carbonyl (C=O) groups is 2. The Labute approximate surface area is 202 Å². The van der Waals surface area contributed by atoms with Crippen molar-refractivity contribution in [1.29, 1.82) is 5.41 Å². The van der Waals surface area contributed by atoms with Gasteiger partial charge < -0.3 is 9.47 Å². The highest BCUT2D eigenvalue weighted by Gasteiger charge is 2.36. The number of aliphatic imine (C=N–C) groups is 1. The van der Waals surface area contributed by atoms with Crippen molar-refractivity contribution < 1.29 is 19.1 Å². The molecule has 5 rings (SSSR count). The number of esters is 1. The molecule has 0 fully saturated rings. The highest BCUT2D eigenvalue weighted by molar-refractivity contribution is 8.27. The Morgan fingerprint density at radius 2 is 1.91 bits per heavy atom. The van der Waals surface area contributed by atoms with E-state index in [4.69, 9.17) is 14.9 Å². The lowest BCUT2D eigenvalue weighted by atomic mass is 10.1. The number of methoxy groups -OCH3 is 1. The molecule has 8 nitrogen and oxygen atoms in total. The van der Waals surface area contributed by atoms with Gasteiger partial charge in [-0.15, -0.1) is 11.3 Å². The molecule has 0 spiro atoms. The predicted octanol–water partition coefficient (Wildman–Crippen LogP) is 4.64. The number of nitrogens with one attached hydrogen (secondary N) is 1. The summed E-state index contributed by atoms with van der Waals surface area (Å²) in [6.07, 6.45) is 1.54. The molecule has 0 saturated heterocycles. The zero-order valence-corrected chi connectivity index (χ0v) is 19.4. The van der Waals surface area contributed by atoms with E-state index in [1.54, 1.807) is 41.8 Å². The molecule has 2 aliphatic heterocycles. The normalized spacial score (nSPS) is 16.3. The van der Waals surface area contributed by atoms with Gasteiger partial charge in [0.25, 0.3) is 5.91 Å². The summed E-state index contributed by atoms with van der Waals surface area (Å²) in [5, 5.41) is 17.2. The summed E-state index contributed by atoms with van der Waals surface area (Å²) in [7, 11) is 1.46. The van der Waals surface area contributed by atoms with Crippen LogP contribution in [0.3, 0.4) is 0 Å². The van der Waals surface area contributed by atoms with Crippen LogP contribution >= 0.6 is 23.1 Å². The van der Waals surface area contributed by atoms with Gasteiger partial charge in [0, 0.05) is 5.56 Å². The molecule has 0 saturated carbocycles. The molecule has 1 amide bonds. The average molecular weight is 489 g/mol. The van der Waals surface area contributed by atoms with Gasteiger partial charge in [-0.1, -0.05) is 42.5 Å². The number of thiophene rings is 1. The second kappa shape index (κ2) is 9.08. The molecule has 1 aromatic heterocycles. The summed E-state index contributed by atoms with van der Waals surface area (Å²) in [5.74, 6) is -0.508. The van der Waals surface area contributed by atoms with E-state index < -0.39 is 11.9 Å². The van der Waals surface area contributed by atoms with Crippen LogP contribution in [0.1, 0.15) is 20.8 Å². The minimum absolute atomic E-state index is 0.0689. The number of hydrogen-bond donors (Lipinski definition) is 1. The topological polar surface area (TPSA) is 104 Å². The predicted molar refractivity (Wildman–Crippen MR) is 133 cm³/mol. The maximum Gasteiger partial charge on any atom is 0.353 e. The number of hydrazone groups is 1. The van der Waals surface area contributed by atoms with Gasteiger partial charge in [0.2, 0.25) is 5.17 Å². The lowest BCUT2D eigenvalue weighted by Crippen LogP contribution is -2.35. The molecule has 1 N–H and O–H groups in total. The van der Waals surface area contributed by atoms with Gasteiger partial charge in [-0.25, -0.2) is 4.79 Å². The van der Waals surface area contributed by atoms with Crippen molar-refractivity contribution in [2.45, 2.75) is 0 Å². The molecule has 34 heavy (non-hydrogen) atoms. The summed E-state index contributed by atoms with van der Waals surface area (Å²) in [6, 6.07) is 17.8. The Bertz CT molecular complexity index is 1400. The number of rotatable bonds is 5. The quantitative estimate of drug-likeness (QED) is 0.319. The minimum atomic E-state index is -0.527. The van der Waals surface area contributed by atoms with E-state index in [2.05, 4.69) is 10.1 Å². The second-order valence-corrected chi connectivity index (χ2v) is 8.97. The first kappa shape index (κ1) is 21.8. The van der Waals surface area contributed by atoms with Gasteiger partial charge in [-0.2, -0.15) is 15.1 Å². The highest BCUT2D eigenvalue weighted by atomic mass is 32.2. The van der Waals surface area contributed by atoms with Crippen LogP contribution in [-0.2, 0) is 4.79 Å². The number of fused-ring (bicyclic) bond motifs is 1. The number of hydrogen-bond acceptors (Lipinski definition) is 8. The van der Waals surface area contributed by atoms with Crippen LogP contribution in [0.2, 0.25) is 0 Å². The van der Waals surface area contributed by atoms with Crippen molar-refractivity contribution in [1.82, 2.24) is 5.01 Å². The van der Waals surface area contributed by atoms with E-state index in [1.807, 2.05) is 30.3 Å². The van der Waals surface area contributed by atoms with E-state index in [1.165, 1.54) is 35.2 Å². The van der Waals surface area contributed by atoms with Gasteiger partial charge in [0.1, 0.15) is 9.92 Å². The second-order valence-electron chi connectivity index (χ2n) is 7.07. The van der Waals surface area contributed by atoms with Crippen LogP contribution in [0.5, 0.6) is 11.5 Å². The number of amides is 1. The van der Waals surface area contributed by atoms with Gasteiger partial charge in [-0.05, 0) is 47.0 Å². The van der Waals surface area contributed by atoms with E-state index in [0.717, 1.165) is 5.56 Å². The molecule has 0 atom stereocenters. The van der Waals surface area contributed by atoms with Crippen molar-refractivity contribution >= 4 is 57.1 Å². The molecule has 0 radical (unpaired) electrons. The number of amidine groups is 2. The van der Waals surface area contributed by atoms with Crippen molar-refractivity contribution in [3.05, 3.63) is 87.6 Å². The Kier molecular flexibility index (Phi) is 5.83. The first-order chi connectivity index (χ1) is 16.5. The SMILES string of the molecule is COc1cc(C=C2C(=N)N3N=C(c4ccccc4)SC3=NC2=O)ccc1OC(=O)c1cccs1. The van der Waals surface area contributed by atoms with Gasteiger partial charge in [-0.3, -0.25) is 10.2 Å². The van der Waals surface area contributed by atoms with Crippen molar-refractivity contribution in [3.63, 3.8) is 0 Å². The van der Waals surface area contributed by atoms with E-state index in [0.29, 0.717) is 26.4 Å². The number of benzene rings is 2. The Hall–Kier alpha value is -4.02. The molecular formula is C24H16N4O4S2. The third-order valence-electron chi connectivity index (χ3n) is 4.90. The van der Waals surface area contributed by atoms with Crippen LogP contribution in [0.4, 0.5) is 0 Å². The van der Waals surface area contributed by atoms with E-state index in [-0.39, 0.29) is 17.2 Å². The maximum absolute atomic E-state index is 12.7. The van der Waals surface area contributed by atoms with Crippen LogP contribution in [0.25, 0.3) is 6.08 Å². The Morgan fingerprint density at radius 3 is 2.65 bits per heavy atom. The molecule has 2 aliphatic rings. The van der Waals surface area contributed by atoms with Crippen LogP contribution in [0.15, 0.2) is 81.7 Å². The highest BCUT2D eigenvalue weighted by Crippen LogP contribution is 2.33. The smallest absolute Gasteiger partial charge is 0.353 e. The summed E-state index contributed by atoms with van der Waals surface area (Å²) < 4.78 is 10.8. The molecule has 2 aromatic carbocycles. The standard InChI is InChI=1S/C24H16N4O4S2/c1-31-18-13-14(9-10-17(18)32-23(30)19-8-5-11-33-19)12-16-20(25)28-24(26-21(16)29)34-22(27-28)15-6-3-2-4-7-15/h2-13,25H,1H3. The Balaban J connectivity index is 1.41. The first-order valence-electron chi connectivity index (χ1n) is 10.0. The summed E-state index contributed by atoms with van der Waals surface area (Å²) >= 11 is 2.53. The largest absolute Gasteiger partial charge is 0.493 e. The third kappa shape index (κ3) is 4.16. The zero-order valence-electron chi connectivity index (χ0n) is 17.7. The monoisotopic (exact) mass is 488 g/mol. The maximum atomic E-state index is 12.7. The summed E-state index contributed by atoms with van der Waals surface area (Å²) in [6.45, 7) is 0. The van der Waals surface area contributed by atoms with Crippen molar-refractivity contribution in [2.24, 2.45) is 10.1 Å². The van der Waals surface area contributed by atoms with Crippen LogP contribution in [0, 0.1) is 5.41 Å². The molecule has 168 valence electrons. The summed E-state index contributed by atoms with van der Waals surface area (Å²) in [5.41, 5.74) is 1.55. The van der Waals surface area contributed by atoms with Crippen molar-refractivity contribution in [2.75, 3.05) is 7.11 Å². The zero-order chi connectivity index (χ0) is 23.7. The van der Waals surface area contributed by atoms with Gasteiger partial charge in [0.15, 0.2) is 17.3 Å². The number of thioether (sulfide) groups is 1. The molecule has 0 aliphatic carbocycles. The lowest BCUT2D eigenvalue weighted by molar-refractivity contribution is -0.114. The fourth-order valence-electron chi connectivity index (χ4n) is 3.26. The lowest BCUT2D eigenvalue weighted by Gasteiger charge is -2.20. The average Bonchev–Trinajstić information content (AvgIpc) is 3.54. The molecular weight excluding hydrogens is 472 g/mol. The van der Waals surface area contributed by atoms with E-state index >= 15 is 0 Å². The van der Waals surface area contributed by atoms with Gasteiger partial charge in [0.05, 0.1) is 12.7 Å². The Morgan fingerprint density at radius 1 is 1.09 bits per heavy atom. The van der Waals surface area contributed by atoms with Crippen molar-refractivity contribution in [3.8, 4) is 11.5 Å². The molecule has 3 heterocycles. The number of nitrogens with zero attached hydrogens (tertiary/aromatic N) is 3. The number of ether oxygens (including phenoxy) is 2. The van der Waals surface area contributed by atoms with Gasteiger partial charge >= 0.3 is 5.97 Å². The molecule has 0 bridgehead atoms. The number of carbonyl (C=O) groups excluding carboxylic acids is 2. The van der Waals surface area contributed by atoms with Crippen LogP contribution < -0.4 is 9.47 Å². The molecule has 0 unspecified atom stereocenters. The molecule has 3 aromatic rings. The van der Waals surface area contributed by atoms with Crippen LogP contribution in [-0.4, -0.2) is 40.0 Å². The fraction of sp³-hybridized carbons (Fsp3) is 0.0417. The van der Waals surface area contributed by atoms with E-state index in [9.17, 15) is 9.59 Å². The fourth-order valence-corrected chi connectivity index (χ4v) is 4.75. The third-order valence-corrected chi connectivity index (χ3v) is 6.71. The summed E-state index contributed by atoms with van der Waals surface area (Å²) in [4.78, 5) is 29.6.